The number of carbonyl (C=O) groups excluding carboxylic acids is 2. The summed E-state index contributed by atoms with van der Waals surface area (Å²) in [7, 11) is 0. The minimum Gasteiger partial charge on any atom is -0.480 e. The third-order valence-corrected chi connectivity index (χ3v) is 2.52. The fraction of sp³-hybridized carbons (Fsp3) is 0.417. The van der Waals surface area contributed by atoms with Crippen LogP contribution in [0, 0.1) is 5.92 Å². The highest BCUT2D eigenvalue weighted by Crippen LogP contribution is 2.07. The minimum atomic E-state index is -1.09. The van der Waals surface area contributed by atoms with Crippen molar-refractivity contribution in [1.29, 1.82) is 0 Å². The summed E-state index contributed by atoms with van der Waals surface area (Å²) in [6, 6.07) is 0.319. The summed E-state index contributed by atoms with van der Waals surface area (Å²) in [6.07, 6.45) is 1.62. The summed E-state index contributed by atoms with van der Waals surface area (Å²) in [5.41, 5.74) is 5.33. The lowest BCUT2D eigenvalue weighted by Gasteiger charge is -2.15. The van der Waals surface area contributed by atoms with Crippen LogP contribution >= 0.6 is 0 Å². The molecule has 0 fully saturated rings. The largest absolute Gasteiger partial charge is 0.480 e. The molecule has 0 radical (unpaired) electrons. The molecule has 1 heterocycles. The van der Waals surface area contributed by atoms with E-state index in [-0.39, 0.29) is 17.2 Å². The smallest absolute Gasteiger partial charge is 0.326 e. The Morgan fingerprint density at radius 2 is 2.05 bits per heavy atom. The Morgan fingerprint density at radius 1 is 1.42 bits per heavy atom. The first kappa shape index (κ1) is 14.7. The summed E-state index contributed by atoms with van der Waals surface area (Å²) in [4.78, 5) is 36.3. The molecule has 19 heavy (non-hydrogen) atoms. The standard InChI is InChI=1S/C12H17N3O4/c1-6(2)3-9(12(18)19)15-11(17)8-4-7(5-14-8)10(13)16/h4-6,9,14H,3H2,1-2H3,(H2,13,16)(H,15,17)(H,18,19)/t9-/m0/s1. The Balaban J connectivity index is 2.75. The van der Waals surface area contributed by atoms with Gasteiger partial charge in [0.2, 0.25) is 5.91 Å². The number of aromatic amines is 1. The Kier molecular flexibility index (Phi) is 4.68. The second-order valence-electron chi connectivity index (χ2n) is 4.66. The lowest BCUT2D eigenvalue weighted by atomic mass is 10.0. The molecule has 2 amide bonds. The van der Waals surface area contributed by atoms with E-state index in [1.807, 2.05) is 13.8 Å². The zero-order valence-corrected chi connectivity index (χ0v) is 10.8. The van der Waals surface area contributed by atoms with Crippen molar-refractivity contribution in [2.24, 2.45) is 11.7 Å². The van der Waals surface area contributed by atoms with Crippen molar-refractivity contribution in [3.8, 4) is 0 Å². The van der Waals surface area contributed by atoms with E-state index in [1.165, 1.54) is 12.3 Å². The monoisotopic (exact) mass is 267 g/mol. The van der Waals surface area contributed by atoms with Gasteiger partial charge in [-0.15, -0.1) is 0 Å². The van der Waals surface area contributed by atoms with Crippen molar-refractivity contribution in [2.45, 2.75) is 26.3 Å². The van der Waals surface area contributed by atoms with Gasteiger partial charge < -0.3 is 21.1 Å². The van der Waals surface area contributed by atoms with Gasteiger partial charge in [0.05, 0.1) is 5.56 Å². The number of carboxylic acids is 1. The predicted molar refractivity (Wildman–Crippen MR) is 67.7 cm³/mol. The second kappa shape index (κ2) is 6.03. The molecule has 5 N–H and O–H groups in total. The minimum absolute atomic E-state index is 0.101. The number of hydrogen-bond donors (Lipinski definition) is 4. The van der Waals surface area contributed by atoms with Gasteiger partial charge in [0, 0.05) is 6.20 Å². The number of carboxylic acid groups (broad SMARTS) is 1. The van der Waals surface area contributed by atoms with Gasteiger partial charge in [-0.1, -0.05) is 13.8 Å². The Labute approximate surface area is 110 Å². The molecule has 0 bridgehead atoms. The maximum atomic E-state index is 11.8. The van der Waals surface area contributed by atoms with E-state index in [9.17, 15) is 14.4 Å². The molecule has 1 aromatic heterocycles. The highest BCUT2D eigenvalue weighted by Gasteiger charge is 2.22. The molecule has 104 valence electrons. The van der Waals surface area contributed by atoms with Crippen LogP contribution in [-0.2, 0) is 4.79 Å². The molecule has 0 saturated carbocycles. The third kappa shape index (κ3) is 4.13. The van der Waals surface area contributed by atoms with Gasteiger partial charge in [0.1, 0.15) is 11.7 Å². The topological polar surface area (TPSA) is 125 Å². The number of aromatic nitrogens is 1. The highest BCUT2D eigenvalue weighted by atomic mass is 16.4. The number of rotatable bonds is 6. The van der Waals surface area contributed by atoms with Crippen molar-refractivity contribution in [1.82, 2.24) is 10.3 Å². The Hall–Kier alpha value is -2.31. The quantitative estimate of drug-likeness (QED) is 0.593. The second-order valence-corrected chi connectivity index (χ2v) is 4.66. The average Bonchev–Trinajstić information content (AvgIpc) is 2.76. The molecule has 0 aliphatic heterocycles. The van der Waals surface area contributed by atoms with Gasteiger partial charge in [0.15, 0.2) is 0 Å². The van der Waals surface area contributed by atoms with E-state index in [0.29, 0.717) is 6.42 Å². The normalized spacial score (nSPS) is 12.2. The van der Waals surface area contributed by atoms with Crippen LogP contribution in [0.25, 0.3) is 0 Å². The third-order valence-electron chi connectivity index (χ3n) is 2.52. The zero-order valence-electron chi connectivity index (χ0n) is 10.8. The SMILES string of the molecule is CC(C)C[C@H](NC(=O)c1cc(C(N)=O)c[nH]1)C(=O)O. The van der Waals surface area contributed by atoms with Crippen LogP contribution in [-0.4, -0.2) is 33.9 Å². The lowest BCUT2D eigenvalue weighted by Crippen LogP contribution is -2.41. The molecule has 1 rings (SSSR count). The molecule has 7 heteroatoms. The number of carbonyl (C=O) groups is 3. The molecule has 1 aromatic rings. The Bertz CT molecular complexity index is 493. The highest BCUT2D eigenvalue weighted by molar-refractivity contribution is 5.99. The van der Waals surface area contributed by atoms with Crippen LogP contribution in [0.4, 0.5) is 0 Å². The fourth-order valence-electron chi connectivity index (χ4n) is 1.60. The lowest BCUT2D eigenvalue weighted by molar-refractivity contribution is -0.139. The number of H-pyrrole nitrogens is 1. The van der Waals surface area contributed by atoms with E-state index < -0.39 is 23.8 Å². The molecule has 7 nitrogen and oxygen atoms in total. The van der Waals surface area contributed by atoms with E-state index >= 15 is 0 Å². The van der Waals surface area contributed by atoms with Gasteiger partial charge in [0.25, 0.3) is 5.91 Å². The van der Waals surface area contributed by atoms with Crippen LogP contribution in [0.2, 0.25) is 0 Å². The number of aliphatic carboxylic acids is 1. The summed E-state index contributed by atoms with van der Waals surface area (Å²) in [5.74, 6) is -2.21. The maximum Gasteiger partial charge on any atom is 0.326 e. The van der Waals surface area contributed by atoms with Crippen molar-refractivity contribution in [3.05, 3.63) is 23.5 Å². The first-order valence-corrected chi connectivity index (χ1v) is 5.83. The van der Waals surface area contributed by atoms with Gasteiger partial charge in [-0.3, -0.25) is 9.59 Å². The summed E-state index contributed by atoms with van der Waals surface area (Å²) in [5, 5.41) is 11.4. The summed E-state index contributed by atoms with van der Waals surface area (Å²) < 4.78 is 0. The zero-order chi connectivity index (χ0) is 14.6. The number of nitrogens with one attached hydrogen (secondary N) is 2. The van der Waals surface area contributed by atoms with E-state index in [4.69, 9.17) is 10.8 Å². The molecule has 0 unspecified atom stereocenters. The number of amides is 2. The molecule has 0 aliphatic rings. The summed E-state index contributed by atoms with van der Waals surface area (Å²) >= 11 is 0. The number of hydrogen-bond acceptors (Lipinski definition) is 3. The molecule has 1 atom stereocenters. The first-order valence-electron chi connectivity index (χ1n) is 5.83. The van der Waals surface area contributed by atoms with Crippen LogP contribution < -0.4 is 11.1 Å². The fourth-order valence-corrected chi connectivity index (χ4v) is 1.60. The molecular weight excluding hydrogens is 250 g/mol. The van der Waals surface area contributed by atoms with Gasteiger partial charge in [-0.2, -0.15) is 0 Å². The van der Waals surface area contributed by atoms with Gasteiger partial charge >= 0.3 is 5.97 Å². The van der Waals surface area contributed by atoms with E-state index in [1.54, 1.807) is 0 Å². The predicted octanol–water partition coefficient (Wildman–Crippen LogP) is 0.343. The van der Waals surface area contributed by atoms with Gasteiger partial charge in [-0.05, 0) is 18.4 Å². The Morgan fingerprint density at radius 3 is 2.47 bits per heavy atom. The average molecular weight is 267 g/mol. The van der Waals surface area contributed by atoms with Crippen molar-refractivity contribution >= 4 is 17.8 Å². The molecule has 0 aromatic carbocycles. The molecule has 0 saturated heterocycles. The molecule has 0 aliphatic carbocycles. The van der Waals surface area contributed by atoms with Crippen LogP contribution in [0.1, 0.15) is 41.1 Å². The van der Waals surface area contributed by atoms with Crippen LogP contribution in [0.3, 0.4) is 0 Å². The van der Waals surface area contributed by atoms with Crippen molar-refractivity contribution < 1.29 is 19.5 Å². The molecular formula is C12H17N3O4. The van der Waals surface area contributed by atoms with E-state index in [2.05, 4.69) is 10.3 Å². The maximum absolute atomic E-state index is 11.8. The van der Waals surface area contributed by atoms with Crippen molar-refractivity contribution in [3.63, 3.8) is 0 Å². The van der Waals surface area contributed by atoms with Gasteiger partial charge in [-0.25, -0.2) is 4.79 Å². The first-order chi connectivity index (χ1) is 8.81. The van der Waals surface area contributed by atoms with E-state index in [0.717, 1.165) is 0 Å². The molecule has 0 spiro atoms. The van der Waals surface area contributed by atoms with Crippen molar-refractivity contribution in [2.75, 3.05) is 0 Å². The van der Waals surface area contributed by atoms with Crippen LogP contribution in [0.5, 0.6) is 0 Å². The number of primary amides is 1. The number of nitrogens with two attached hydrogens (primary N) is 1. The summed E-state index contributed by atoms with van der Waals surface area (Å²) in [6.45, 7) is 3.73. The van der Waals surface area contributed by atoms with Crippen LogP contribution in [0.15, 0.2) is 12.3 Å².